The number of halogens is 2. The lowest BCUT2D eigenvalue weighted by Gasteiger charge is -2.32. The second-order valence-electron chi connectivity index (χ2n) is 7.11. The Kier molecular flexibility index (Phi) is 7.44. The van der Waals surface area contributed by atoms with Gasteiger partial charge in [-0.25, -0.2) is 0 Å². The number of benzene rings is 2. The van der Waals surface area contributed by atoms with Crippen LogP contribution in [0.25, 0.3) is 0 Å². The number of nitrogens with zero attached hydrogens (tertiary/aromatic N) is 1. The third kappa shape index (κ3) is 5.31. The van der Waals surface area contributed by atoms with Crippen LogP contribution in [0.15, 0.2) is 36.4 Å². The number of likely N-dealkylation sites (tertiary alicyclic amines) is 1. The summed E-state index contributed by atoms with van der Waals surface area (Å²) < 4.78 is 11.8. The van der Waals surface area contributed by atoms with Gasteiger partial charge in [-0.15, -0.1) is 0 Å². The monoisotopic (exact) mass is 437 g/mol. The fourth-order valence-electron chi connectivity index (χ4n) is 3.22. The minimum absolute atomic E-state index is 0.380. The predicted octanol–water partition coefficient (Wildman–Crippen LogP) is 6.38. The van der Waals surface area contributed by atoms with Crippen molar-refractivity contribution < 1.29 is 9.47 Å². The van der Waals surface area contributed by atoms with E-state index in [1.165, 1.54) is 0 Å². The van der Waals surface area contributed by atoms with E-state index in [0.29, 0.717) is 34.8 Å². The molecule has 3 nitrogen and oxygen atoms in total. The van der Waals surface area contributed by atoms with Crippen LogP contribution in [0.5, 0.6) is 11.5 Å². The second kappa shape index (κ2) is 9.82. The maximum absolute atomic E-state index is 6.56. The maximum Gasteiger partial charge on any atom is 0.180 e. The highest BCUT2D eigenvalue weighted by Crippen LogP contribution is 2.38. The molecule has 0 spiro atoms. The number of thiocarbonyl (C=S) groups is 1. The van der Waals surface area contributed by atoms with E-state index in [4.69, 9.17) is 44.9 Å². The minimum atomic E-state index is 0.380. The van der Waals surface area contributed by atoms with E-state index in [1.807, 2.05) is 43.3 Å². The highest BCUT2D eigenvalue weighted by Gasteiger charge is 2.21. The molecule has 2 aromatic rings. The summed E-state index contributed by atoms with van der Waals surface area (Å²) in [5.41, 5.74) is 1.90. The van der Waals surface area contributed by atoms with Gasteiger partial charge in [-0.2, -0.15) is 0 Å². The largest absolute Gasteiger partial charge is 0.490 e. The molecule has 0 bridgehead atoms. The molecular weight excluding hydrogens is 413 g/mol. The third-order valence-electron chi connectivity index (χ3n) is 4.92. The summed E-state index contributed by atoms with van der Waals surface area (Å²) in [5, 5.41) is 1.20. The molecule has 0 N–H and O–H groups in total. The molecule has 1 aliphatic rings. The van der Waals surface area contributed by atoms with E-state index in [-0.39, 0.29) is 0 Å². The number of piperidine rings is 1. The van der Waals surface area contributed by atoms with Crippen LogP contribution in [0.3, 0.4) is 0 Å². The first-order valence-electron chi connectivity index (χ1n) is 9.60. The van der Waals surface area contributed by atoms with Gasteiger partial charge in [-0.3, -0.25) is 0 Å². The Bertz CT molecular complexity index is 818. The average Bonchev–Trinajstić information content (AvgIpc) is 2.69. The van der Waals surface area contributed by atoms with Gasteiger partial charge in [0.25, 0.3) is 0 Å². The summed E-state index contributed by atoms with van der Waals surface area (Å²) in [6.07, 6.45) is 2.32. The standard InChI is InChI=1S/C22H25Cl2NO2S/c1-3-26-20-13-17(22(28)25-10-8-15(2)9-11-25)12-19(24)21(20)27-14-16-4-6-18(23)7-5-16/h4-7,12-13,15H,3,8-11,14H2,1-2H3. The van der Waals surface area contributed by atoms with Crippen molar-refractivity contribution in [1.29, 1.82) is 0 Å². The first-order chi connectivity index (χ1) is 13.5. The zero-order valence-electron chi connectivity index (χ0n) is 16.2. The second-order valence-corrected chi connectivity index (χ2v) is 8.34. The number of hydrogen-bond donors (Lipinski definition) is 0. The molecule has 150 valence electrons. The smallest absolute Gasteiger partial charge is 0.180 e. The zero-order valence-corrected chi connectivity index (χ0v) is 18.5. The third-order valence-corrected chi connectivity index (χ3v) is 5.95. The van der Waals surface area contributed by atoms with Crippen LogP contribution in [0, 0.1) is 5.92 Å². The van der Waals surface area contributed by atoms with Crippen molar-refractivity contribution in [2.75, 3.05) is 19.7 Å². The quantitative estimate of drug-likeness (QED) is 0.488. The average molecular weight is 438 g/mol. The van der Waals surface area contributed by atoms with Crippen LogP contribution in [0.4, 0.5) is 0 Å². The van der Waals surface area contributed by atoms with Crippen LogP contribution in [0.1, 0.15) is 37.8 Å². The Balaban J connectivity index is 1.79. The summed E-state index contributed by atoms with van der Waals surface area (Å²) in [4.78, 5) is 3.07. The van der Waals surface area contributed by atoms with Crippen LogP contribution >= 0.6 is 35.4 Å². The summed E-state index contributed by atoms with van der Waals surface area (Å²) in [7, 11) is 0. The van der Waals surface area contributed by atoms with Crippen LogP contribution < -0.4 is 9.47 Å². The Hall–Kier alpha value is -1.49. The fourth-order valence-corrected chi connectivity index (χ4v) is 3.92. The molecule has 0 aliphatic carbocycles. The van der Waals surface area contributed by atoms with Crippen LogP contribution in [0.2, 0.25) is 10.0 Å². The van der Waals surface area contributed by atoms with Crippen molar-refractivity contribution in [3.8, 4) is 11.5 Å². The van der Waals surface area contributed by atoms with E-state index in [1.54, 1.807) is 0 Å². The lowest BCUT2D eigenvalue weighted by atomic mass is 9.99. The highest BCUT2D eigenvalue weighted by molar-refractivity contribution is 7.80. The molecule has 0 radical (unpaired) electrons. The summed E-state index contributed by atoms with van der Waals surface area (Å²) >= 11 is 18.2. The molecule has 28 heavy (non-hydrogen) atoms. The molecular formula is C22H25Cl2NO2S. The van der Waals surface area contributed by atoms with Crippen molar-refractivity contribution in [1.82, 2.24) is 4.90 Å². The molecule has 1 fully saturated rings. The number of hydrogen-bond acceptors (Lipinski definition) is 3. The molecule has 0 aromatic heterocycles. The SMILES string of the molecule is CCOc1cc(C(=S)N2CCC(C)CC2)cc(Cl)c1OCc1ccc(Cl)cc1. The number of ether oxygens (including phenoxy) is 2. The predicted molar refractivity (Wildman–Crippen MR) is 120 cm³/mol. The Morgan fingerprint density at radius 1 is 1.11 bits per heavy atom. The molecule has 1 saturated heterocycles. The first kappa shape index (κ1) is 21.2. The Labute approximate surface area is 182 Å². The zero-order chi connectivity index (χ0) is 20.1. The first-order valence-corrected chi connectivity index (χ1v) is 10.8. The van der Waals surface area contributed by atoms with E-state index in [0.717, 1.165) is 48.0 Å². The van der Waals surface area contributed by atoms with Gasteiger partial charge in [-0.05, 0) is 55.5 Å². The molecule has 0 amide bonds. The molecule has 3 rings (SSSR count). The summed E-state index contributed by atoms with van der Waals surface area (Å²) in [6.45, 7) is 7.09. The fraction of sp³-hybridized carbons (Fsp3) is 0.409. The molecule has 1 heterocycles. The van der Waals surface area contributed by atoms with Crippen molar-refractivity contribution in [3.63, 3.8) is 0 Å². The van der Waals surface area contributed by atoms with Gasteiger partial charge >= 0.3 is 0 Å². The molecule has 0 saturated carbocycles. The molecule has 0 atom stereocenters. The number of rotatable bonds is 6. The maximum atomic E-state index is 6.56. The van der Waals surface area contributed by atoms with E-state index in [2.05, 4.69) is 11.8 Å². The van der Waals surface area contributed by atoms with Gasteiger partial charge < -0.3 is 14.4 Å². The topological polar surface area (TPSA) is 21.7 Å². The normalized spacial score (nSPS) is 14.8. The van der Waals surface area contributed by atoms with E-state index in [9.17, 15) is 0 Å². The van der Waals surface area contributed by atoms with Gasteiger partial charge in [0.1, 0.15) is 11.6 Å². The Morgan fingerprint density at radius 2 is 1.79 bits per heavy atom. The van der Waals surface area contributed by atoms with E-state index < -0.39 is 0 Å². The van der Waals surface area contributed by atoms with Crippen LogP contribution in [-0.2, 0) is 6.61 Å². The van der Waals surface area contributed by atoms with Gasteiger partial charge in [-0.1, -0.05) is 54.5 Å². The van der Waals surface area contributed by atoms with Crippen molar-refractivity contribution in [2.24, 2.45) is 5.92 Å². The van der Waals surface area contributed by atoms with Gasteiger partial charge in [0.15, 0.2) is 11.5 Å². The lowest BCUT2D eigenvalue weighted by molar-refractivity contribution is 0.269. The van der Waals surface area contributed by atoms with E-state index >= 15 is 0 Å². The van der Waals surface area contributed by atoms with Crippen LogP contribution in [-0.4, -0.2) is 29.6 Å². The summed E-state index contributed by atoms with van der Waals surface area (Å²) in [6, 6.07) is 11.3. The van der Waals surface area contributed by atoms with Crippen molar-refractivity contribution in [3.05, 3.63) is 57.6 Å². The minimum Gasteiger partial charge on any atom is -0.490 e. The van der Waals surface area contributed by atoms with Gasteiger partial charge in [0.2, 0.25) is 0 Å². The molecule has 1 aliphatic heterocycles. The highest BCUT2D eigenvalue weighted by atomic mass is 35.5. The summed E-state index contributed by atoms with van der Waals surface area (Å²) in [5.74, 6) is 1.91. The molecule has 2 aromatic carbocycles. The molecule has 6 heteroatoms. The van der Waals surface area contributed by atoms with Gasteiger partial charge in [0, 0.05) is 23.7 Å². The van der Waals surface area contributed by atoms with Crippen molar-refractivity contribution >= 4 is 40.4 Å². The Morgan fingerprint density at radius 3 is 2.43 bits per heavy atom. The lowest BCUT2D eigenvalue weighted by Crippen LogP contribution is -2.37. The van der Waals surface area contributed by atoms with Crippen molar-refractivity contribution in [2.45, 2.75) is 33.3 Å². The molecule has 0 unspecified atom stereocenters. The van der Waals surface area contributed by atoms with Gasteiger partial charge in [0.05, 0.1) is 11.6 Å².